The highest BCUT2D eigenvalue weighted by atomic mass is 35.5. The van der Waals surface area contributed by atoms with Crippen molar-refractivity contribution in [2.45, 2.75) is 82.6 Å². The van der Waals surface area contributed by atoms with Crippen LogP contribution in [0, 0.1) is 12.3 Å². The number of hydrogen-bond donors (Lipinski definition) is 3. The van der Waals surface area contributed by atoms with Gasteiger partial charge in [-0.15, -0.1) is 30.5 Å². The van der Waals surface area contributed by atoms with Crippen LogP contribution in [-0.4, -0.2) is 57.9 Å². The van der Waals surface area contributed by atoms with Crippen molar-refractivity contribution in [3.63, 3.8) is 0 Å². The average Bonchev–Trinajstić information content (AvgIpc) is 2.94. The van der Waals surface area contributed by atoms with E-state index in [4.69, 9.17) is 26.3 Å². The fourth-order valence-electron chi connectivity index (χ4n) is 4.55. The van der Waals surface area contributed by atoms with E-state index in [1.807, 2.05) is 62.4 Å². The zero-order valence-electron chi connectivity index (χ0n) is 24.9. The van der Waals surface area contributed by atoms with Crippen molar-refractivity contribution in [3.05, 3.63) is 78.4 Å². The number of rotatable bonds is 11. The van der Waals surface area contributed by atoms with E-state index in [0.29, 0.717) is 50.8 Å². The fraction of sp³-hybridized carbons (Fsp3) is 0.441. The van der Waals surface area contributed by atoms with Gasteiger partial charge in [0.05, 0.1) is 35.9 Å². The van der Waals surface area contributed by atoms with Crippen molar-refractivity contribution in [3.8, 4) is 18.1 Å². The number of carbonyl (C=O) groups excluding carboxylic acids is 1. The van der Waals surface area contributed by atoms with Crippen LogP contribution in [0.3, 0.4) is 0 Å². The van der Waals surface area contributed by atoms with E-state index in [0.717, 1.165) is 29.2 Å². The van der Waals surface area contributed by atoms with E-state index >= 15 is 0 Å². The van der Waals surface area contributed by atoms with Crippen LogP contribution >= 0.6 is 11.6 Å². The summed E-state index contributed by atoms with van der Waals surface area (Å²) in [5.41, 5.74) is 2.69. The zero-order chi connectivity index (χ0) is 31.0. The lowest BCUT2D eigenvalue weighted by molar-refractivity contribution is -0.118. The molecule has 42 heavy (non-hydrogen) atoms. The molecule has 0 saturated heterocycles. The van der Waals surface area contributed by atoms with Gasteiger partial charge in [0, 0.05) is 17.6 Å². The third-order valence-corrected chi connectivity index (χ3v) is 6.87. The van der Waals surface area contributed by atoms with Gasteiger partial charge in [0.25, 0.3) is 5.91 Å². The number of amides is 1. The lowest BCUT2D eigenvalue weighted by Crippen LogP contribution is -2.41. The predicted molar refractivity (Wildman–Crippen MR) is 173 cm³/mol. The summed E-state index contributed by atoms with van der Waals surface area (Å²) in [7, 11) is 0. The van der Waals surface area contributed by atoms with E-state index in [9.17, 15) is 15.0 Å². The molecule has 0 fully saturated rings. The third kappa shape index (κ3) is 12.2. The summed E-state index contributed by atoms with van der Waals surface area (Å²) in [6.45, 7) is 10.1. The number of aliphatic hydroxyl groups is 2. The number of terminal acetylenes is 1. The molecule has 1 aromatic carbocycles. The van der Waals surface area contributed by atoms with Gasteiger partial charge in [0.15, 0.2) is 6.29 Å². The van der Waals surface area contributed by atoms with Gasteiger partial charge in [-0.25, -0.2) is 0 Å². The third-order valence-electron chi connectivity index (χ3n) is 6.52. The number of hydrogen-bond acceptors (Lipinski definition) is 6. The van der Waals surface area contributed by atoms with Crippen molar-refractivity contribution in [1.82, 2.24) is 5.32 Å². The highest BCUT2D eigenvalue weighted by Crippen LogP contribution is 2.39. The van der Waals surface area contributed by atoms with Crippen LogP contribution in [0.4, 0.5) is 0 Å². The topological polar surface area (TPSA) is 104 Å². The van der Waals surface area contributed by atoms with E-state index in [1.54, 1.807) is 19.1 Å². The standard InChI is InChI=1S/C31H40ClN3O4.C3H4/c1-4-23(32)12-9-15-26-25(14-6-8-17-29(36)37)34-20-18-22(11-10-19-33-26)30(38)35-27-21-31(2,3)39-28-16-7-5-13-24(27)28;1-3-2/h4-5,7,9-11,13,15-16,18,23,27,29,36-37H,1,6,8,12,14,17,19-21H2,2-3H3,(H,35,38);1H,2H3/b11-10-,15-9+,22-18+,33-26?,34-25?;. The molecule has 0 spiro atoms. The molecule has 0 aromatic heterocycles. The molecule has 8 heteroatoms. The van der Waals surface area contributed by atoms with Gasteiger partial charge in [-0.3, -0.25) is 14.8 Å². The van der Waals surface area contributed by atoms with Gasteiger partial charge in [-0.05, 0) is 65.0 Å². The molecule has 3 rings (SSSR count). The van der Waals surface area contributed by atoms with Crippen LogP contribution in [0.2, 0.25) is 0 Å². The molecule has 3 N–H and O–H groups in total. The Labute approximate surface area is 255 Å². The summed E-state index contributed by atoms with van der Waals surface area (Å²) < 4.78 is 6.11. The molecule has 2 aliphatic heterocycles. The van der Waals surface area contributed by atoms with Crippen LogP contribution in [-0.2, 0) is 4.79 Å². The molecule has 0 radical (unpaired) electrons. The first-order valence-corrected chi connectivity index (χ1v) is 14.7. The number of benzene rings is 1. The van der Waals surface area contributed by atoms with Gasteiger partial charge < -0.3 is 20.3 Å². The minimum atomic E-state index is -1.31. The average molecular weight is 594 g/mol. The van der Waals surface area contributed by atoms with Gasteiger partial charge in [0.2, 0.25) is 0 Å². The van der Waals surface area contributed by atoms with Crippen molar-refractivity contribution in [2.75, 3.05) is 13.1 Å². The second-order valence-corrected chi connectivity index (χ2v) is 11.2. The summed E-state index contributed by atoms with van der Waals surface area (Å²) in [5, 5.41) is 21.4. The number of para-hydroxylation sites is 1. The molecule has 2 atom stereocenters. The van der Waals surface area contributed by atoms with E-state index in [-0.39, 0.29) is 17.3 Å². The summed E-state index contributed by atoms with van der Waals surface area (Å²) in [6.07, 6.45) is 18.0. The molecule has 2 aliphatic rings. The number of nitrogens with one attached hydrogen (secondary N) is 1. The monoisotopic (exact) mass is 593 g/mol. The van der Waals surface area contributed by atoms with E-state index in [2.05, 4.69) is 24.2 Å². The van der Waals surface area contributed by atoms with Crippen LogP contribution in [0.15, 0.2) is 82.9 Å². The number of aliphatic hydroxyl groups excluding tert-OH is 1. The zero-order valence-corrected chi connectivity index (χ0v) is 25.7. The quantitative estimate of drug-likeness (QED) is 0.0957. The molecule has 0 saturated carbocycles. The maximum atomic E-state index is 13.4. The van der Waals surface area contributed by atoms with Crippen LogP contribution in [0.5, 0.6) is 5.75 Å². The predicted octanol–water partition coefficient (Wildman–Crippen LogP) is 6.03. The number of halogens is 1. The number of alkyl halides is 1. The minimum absolute atomic E-state index is 0.162. The number of ether oxygens (including phenoxy) is 1. The molecule has 226 valence electrons. The van der Waals surface area contributed by atoms with Gasteiger partial charge >= 0.3 is 0 Å². The summed E-state index contributed by atoms with van der Waals surface area (Å²) in [6, 6.07) is 7.65. The lowest BCUT2D eigenvalue weighted by Gasteiger charge is -2.37. The molecule has 0 bridgehead atoms. The Bertz CT molecular complexity index is 1240. The van der Waals surface area contributed by atoms with E-state index in [1.165, 1.54) is 0 Å². The second-order valence-electron chi connectivity index (χ2n) is 10.6. The Kier molecular flexibility index (Phi) is 15.0. The number of unbranched alkanes of at least 4 members (excludes halogenated alkanes) is 1. The fourth-order valence-corrected chi connectivity index (χ4v) is 4.65. The lowest BCUT2D eigenvalue weighted by atomic mass is 9.89. The molecule has 1 amide bonds. The van der Waals surface area contributed by atoms with E-state index < -0.39 is 11.9 Å². The first kappa shape index (κ1) is 34.8. The van der Waals surface area contributed by atoms with Gasteiger partial charge in [-0.2, -0.15) is 0 Å². The smallest absolute Gasteiger partial charge is 0.251 e. The molecule has 2 unspecified atom stereocenters. The number of carbonyl (C=O) groups is 1. The normalized spacial score (nSPS) is 20.6. The summed E-state index contributed by atoms with van der Waals surface area (Å²) in [5.74, 6) is 2.88. The number of nitrogens with zero attached hydrogens (tertiary/aromatic N) is 2. The maximum Gasteiger partial charge on any atom is 0.251 e. The van der Waals surface area contributed by atoms with Crippen molar-refractivity contribution >= 4 is 28.9 Å². The summed E-state index contributed by atoms with van der Waals surface area (Å²) in [4.78, 5) is 22.9. The Morgan fingerprint density at radius 1 is 1.29 bits per heavy atom. The SMILES string of the molecule is C#CC.C=CC(Cl)C/C=C/C1=NC/C=C\C(C(=O)NC2CC(C)(C)Oc3ccccc32)=C/CN=C1CCCCC(O)O. The Morgan fingerprint density at radius 2 is 2.02 bits per heavy atom. The molecule has 7 nitrogen and oxygen atoms in total. The molecular weight excluding hydrogens is 550 g/mol. The van der Waals surface area contributed by atoms with Crippen molar-refractivity contribution < 1.29 is 19.7 Å². The van der Waals surface area contributed by atoms with Crippen LogP contribution in [0.25, 0.3) is 0 Å². The molecular formula is C34H44ClN3O4. The minimum Gasteiger partial charge on any atom is -0.487 e. The van der Waals surface area contributed by atoms with Gasteiger partial charge in [0.1, 0.15) is 11.4 Å². The Balaban J connectivity index is 0.00000197. The largest absolute Gasteiger partial charge is 0.487 e. The first-order valence-electron chi connectivity index (χ1n) is 14.3. The molecule has 1 aromatic rings. The highest BCUT2D eigenvalue weighted by molar-refractivity contribution is 6.46. The highest BCUT2D eigenvalue weighted by Gasteiger charge is 2.34. The Morgan fingerprint density at radius 3 is 2.74 bits per heavy atom. The van der Waals surface area contributed by atoms with Crippen molar-refractivity contribution in [2.24, 2.45) is 9.98 Å². The number of allylic oxidation sites excluding steroid dienone is 3. The molecule has 0 aliphatic carbocycles. The molecule has 2 heterocycles. The van der Waals surface area contributed by atoms with Crippen LogP contribution < -0.4 is 10.1 Å². The number of fused-ring (bicyclic) bond motifs is 1. The maximum absolute atomic E-state index is 13.4. The van der Waals surface area contributed by atoms with Gasteiger partial charge in [-0.1, -0.05) is 48.6 Å². The number of aliphatic imine (C=N–C) groups is 2. The van der Waals surface area contributed by atoms with Crippen LogP contribution in [0.1, 0.15) is 70.9 Å². The summed E-state index contributed by atoms with van der Waals surface area (Å²) >= 11 is 6.17. The second kappa shape index (κ2) is 18.2. The first-order chi connectivity index (χ1) is 20.1. The Hall–Kier alpha value is -3.44. The van der Waals surface area contributed by atoms with Crippen molar-refractivity contribution in [1.29, 1.82) is 0 Å².